The number of amides is 2. The summed E-state index contributed by atoms with van der Waals surface area (Å²) < 4.78 is 11.4. The van der Waals surface area contributed by atoms with Gasteiger partial charge in [0, 0.05) is 38.2 Å². The van der Waals surface area contributed by atoms with E-state index in [1.165, 1.54) is 0 Å². The normalized spacial score (nSPS) is 17.6. The van der Waals surface area contributed by atoms with E-state index in [-0.39, 0.29) is 11.6 Å². The first-order valence-corrected chi connectivity index (χ1v) is 8.60. The van der Waals surface area contributed by atoms with Crippen LogP contribution in [0.15, 0.2) is 18.2 Å². The van der Waals surface area contributed by atoms with E-state index in [0.29, 0.717) is 12.5 Å². The second kappa shape index (κ2) is 7.88. The van der Waals surface area contributed by atoms with Crippen LogP contribution in [-0.4, -0.2) is 43.3 Å². The van der Waals surface area contributed by atoms with Crippen molar-refractivity contribution in [2.75, 3.05) is 26.8 Å². The quantitative estimate of drug-likeness (QED) is 0.898. The number of hydrogen-bond acceptors (Lipinski definition) is 3. The van der Waals surface area contributed by atoms with Gasteiger partial charge in [-0.3, -0.25) is 0 Å². The highest BCUT2D eigenvalue weighted by atomic mass is 16.5. The van der Waals surface area contributed by atoms with Gasteiger partial charge in [-0.1, -0.05) is 12.1 Å². The maximum Gasteiger partial charge on any atom is 0.317 e. The standard InChI is InChI=1S/C19H30N2O3/c1-14-6-7-16(17(10-14)24-19(2,3)4)11-20-18(22)21(5)12-15-8-9-23-13-15/h6-7,10,15H,8-9,11-13H2,1-5H3,(H,20,22)/t15-/m0/s1. The number of benzene rings is 1. The first-order valence-electron chi connectivity index (χ1n) is 8.60. The van der Waals surface area contributed by atoms with Gasteiger partial charge in [-0.25, -0.2) is 4.79 Å². The molecule has 2 amide bonds. The number of carbonyl (C=O) groups is 1. The van der Waals surface area contributed by atoms with Crippen molar-refractivity contribution in [3.8, 4) is 5.75 Å². The Balaban J connectivity index is 1.93. The molecule has 1 aromatic rings. The van der Waals surface area contributed by atoms with E-state index < -0.39 is 0 Å². The number of urea groups is 1. The Kier molecular flexibility index (Phi) is 6.10. The first kappa shape index (κ1) is 18.6. The zero-order chi connectivity index (χ0) is 17.7. The summed E-state index contributed by atoms with van der Waals surface area (Å²) in [6.07, 6.45) is 1.03. The van der Waals surface area contributed by atoms with Crippen LogP contribution in [0.5, 0.6) is 5.75 Å². The number of aryl methyl sites for hydroxylation is 1. The van der Waals surface area contributed by atoms with Crippen LogP contribution < -0.4 is 10.1 Å². The summed E-state index contributed by atoms with van der Waals surface area (Å²) in [5, 5.41) is 2.98. The molecule has 1 atom stereocenters. The number of carbonyl (C=O) groups excluding carboxylic acids is 1. The highest BCUT2D eigenvalue weighted by molar-refractivity contribution is 5.73. The number of nitrogens with one attached hydrogen (secondary N) is 1. The van der Waals surface area contributed by atoms with Crippen LogP contribution in [0, 0.1) is 12.8 Å². The third-order valence-corrected chi connectivity index (χ3v) is 3.97. The third kappa shape index (κ3) is 5.71. The van der Waals surface area contributed by atoms with Crippen molar-refractivity contribution in [1.82, 2.24) is 10.2 Å². The number of nitrogens with zero attached hydrogens (tertiary/aromatic N) is 1. The lowest BCUT2D eigenvalue weighted by Gasteiger charge is -2.25. The SMILES string of the molecule is Cc1ccc(CNC(=O)N(C)C[C@@H]2CCOC2)c(OC(C)(C)C)c1. The molecule has 0 bridgehead atoms. The summed E-state index contributed by atoms with van der Waals surface area (Å²) in [7, 11) is 1.83. The molecular formula is C19H30N2O3. The second-order valence-corrected chi connectivity index (χ2v) is 7.59. The number of ether oxygens (including phenoxy) is 2. The lowest BCUT2D eigenvalue weighted by molar-refractivity contribution is 0.129. The van der Waals surface area contributed by atoms with E-state index in [1.807, 2.05) is 52.9 Å². The molecule has 1 aliphatic rings. The second-order valence-electron chi connectivity index (χ2n) is 7.59. The number of hydrogen-bond donors (Lipinski definition) is 1. The van der Waals surface area contributed by atoms with Crippen LogP contribution in [0.2, 0.25) is 0 Å². The van der Waals surface area contributed by atoms with Gasteiger partial charge in [0.1, 0.15) is 11.4 Å². The summed E-state index contributed by atoms with van der Waals surface area (Å²) in [5.74, 6) is 1.27. The average Bonchev–Trinajstić information content (AvgIpc) is 2.97. The number of rotatable bonds is 5. The van der Waals surface area contributed by atoms with Crippen molar-refractivity contribution >= 4 is 6.03 Å². The van der Waals surface area contributed by atoms with Gasteiger partial charge in [0.25, 0.3) is 0 Å². The van der Waals surface area contributed by atoms with Crippen molar-refractivity contribution in [2.45, 2.75) is 46.3 Å². The van der Waals surface area contributed by atoms with Crippen molar-refractivity contribution in [3.63, 3.8) is 0 Å². The summed E-state index contributed by atoms with van der Waals surface area (Å²) >= 11 is 0. The van der Waals surface area contributed by atoms with E-state index in [4.69, 9.17) is 9.47 Å². The van der Waals surface area contributed by atoms with Crippen LogP contribution in [0.3, 0.4) is 0 Å². The Morgan fingerprint density at radius 3 is 2.79 bits per heavy atom. The molecule has 134 valence electrons. The minimum atomic E-state index is -0.272. The van der Waals surface area contributed by atoms with Crippen molar-refractivity contribution in [2.24, 2.45) is 5.92 Å². The highest BCUT2D eigenvalue weighted by Gasteiger charge is 2.20. The highest BCUT2D eigenvalue weighted by Crippen LogP contribution is 2.24. The molecule has 1 aliphatic heterocycles. The maximum absolute atomic E-state index is 12.3. The molecule has 5 heteroatoms. The Labute approximate surface area is 145 Å². The molecule has 0 spiro atoms. The van der Waals surface area contributed by atoms with E-state index >= 15 is 0 Å². The van der Waals surface area contributed by atoms with E-state index in [2.05, 4.69) is 5.32 Å². The molecule has 1 aromatic carbocycles. The van der Waals surface area contributed by atoms with Gasteiger partial charge in [0.05, 0.1) is 6.61 Å². The molecule has 1 saturated heterocycles. The molecule has 2 rings (SSSR count). The molecule has 5 nitrogen and oxygen atoms in total. The van der Waals surface area contributed by atoms with Gasteiger partial charge in [0.15, 0.2) is 0 Å². The van der Waals surface area contributed by atoms with Gasteiger partial charge >= 0.3 is 6.03 Å². The fourth-order valence-electron chi connectivity index (χ4n) is 2.74. The molecule has 1 fully saturated rings. The molecule has 0 aromatic heterocycles. The summed E-state index contributed by atoms with van der Waals surface area (Å²) in [5.41, 5.74) is 1.86. The van der Waals surface area contributed by atoms with Crippen molar-refractivity contribution in [3.05, 3.63) is 29.3 Å². The third-order valence-electron chi connectivity index (χ3n) is 3.97. The molecular weight excluding hydrogens is 304 g/mol. The van der Waals surface area contributed by atoms with Crippen molar-refractivity contribution < 1.29 is 14.3 Å². The molecule has 1 N–H and O–H groups in total. The van der Waals surface area contributed by atoms with Crippen molar-refractivity contribution in [1.29, 1.82) is 0 Å². The molecule has 24 heavy (non-hydrogen) atoms. The Hall–Kier alpha value is -1.75. The van der Waals surface area contributed by atoms with Crippen LogP contribution in [0.1, 0.15) is 38.3 Å². The van der Waals surface area contributed by atoms with Gasteiger partial charge in [-0.15, -0.1) is 0 Å². The lowest BCUT2D eigenvalue weighted by Crippen LogP contribution is -2.39. The first-order chi connectivity index (χ1) is 11.2. The van der Waals surface area contributed by atoms with E-state index in [1.54, 1.807) is 4.90 Å². The predicted octanol–water partition coefficient (Wildman–Crippen LogP) is 3.35. The zero-order valence-electron chi connectivity index (χ0n) is 15.5. The lowest BCUT2D eigenvalue weighted by atomic mass is 10.1. The molecule has 0 aliphatic carbocycles. The summed E-state index contributed by atoms with van der Waals surface area (Å²) in [6.45, 7) is 10.8. The topological polar surface area (TPSA) is 50.8 Å². The summed E-state index contributed by atoms with van der Waals surface area (Å²) in [4.78, 5) is 14.0. The average molecular weight is 334 g/mol. The Morgan fingerprint density at radius 1 is 1.42 bits per heavy atom. The van der Waals surface area contributed by atoms with Crippen LogP contribution in [0.25, 0.3) is 0 Å². The molecule has 0 unspecified atom stereocenters. The minimum Gasteiger partial charge on any atom is -0.488 e. The molecule has 0 saturated carbocycles. The van der Waals surface area contributed by atoms with Crippen LogP contribution in [-0.2, 0) is 11.3 Å². The molecule has 1 heterocycles. The van der Waals surface area contributed by atoms with Crippen LogP contribution >= 0.6 is 0 Å². The monoisotopic (exact) mass is 334 g/mol. The van der Waals surface area contributed by atoms with Crippen LogP contribution in [0.4, 0.5) is 4.79 Å². The zero-order valence-corrected chi connectivity index (χ0v) is 15.5. The predicted molar refractivity (Wildman–Crippen MR) is 95.4 cm³/mol. The Morgan fingerprint density at radius 2 is 2.17 bits per heavy atom. The van der Waals surface area contributed by atoms with Gasteiger partial charge in [-0.05, 0) is 45.7 Å². The molecule has 0 radical (unpaired) electrons. The van der Waals surface area contributed by atoms with Gasteiger partial charge < -0.3 is 19.7 Å². The van der Waals surface area contributed by atoms with Gasteiger partial charge in [-0.2, -0.15) is 0 Å². The van der Waals surface area contributed by atoms with Gasteiger partial charge in [0.2, 0.25) is 0 Å². The van der Waals surface area contributed by atoms with E-state index in [0.717, 1.165) is 43.1 Å². The fraction of sp³-hybridized carbons (Fsp3) is 0.632. The minimum absolute atomic E-state index is 0.0656. The maximum atomic E-state index is 12.3. The smallest absolute Gasteiger partial charge is 0.317 e. The van der Waals surface area contributed by atoms with E-state index in [9.17, 15) is 4.79 Å². The fourth-order valence-corrected chi connectivity index (χ4v) is 2.74. The Bertz CT molecular complexity index is 560. The largest absolute Gasteiger partial charge is 0.488 e. The summed E-state index contributed by atoms with van der Waals surface area (Å²) in [6, 6.07) is 6.01.